The van der Waals surface area contributed by atoms with Crippen LogP contribution >= 0.6 is 11.6 Å². The van der Waals surface area contributed by atoms with E-state index in [4.69, 9.17) is 22.1 Å². The van der Waals surface area contributed by atoms with Crippen LogP contribution in [0.2, 0.25) is 5.02 Å². The normalized spacial score (nSPS) is 13.5. The summed E-state index contributed by atoms with van der Waals surface area (Å²) in [7, 11) is 1.72. The Bertz CT molecular complexity index is 1260. The molecule has 0 aliphatic carbocycles. The van der Waals surface area contributed by atoms with Crippen molar-refractivity contribution in [3.63, 3.8) is 0 Å². The molecule has 0 amide bonds. The second-order valence-corrected chi connectivity index (χ2v) is 8.46. The lowest BCUT2D eigenvalue weighted by atomic mass is 9.94. The van der Waals surface area contributed by atoms with Crippen molar-refractivity contribution in [2.75, 3.05) is 0 Å². The van der Waals surface area contributed by atoms with Gasteiger partial charge in [-0.3, -0.25) is 4.79 Å². The first kappa shape index (κ1) is 21.2. The third-order valence-corrected chi connectivity index (χ3v) is 5.69. The highest BCUT2D eigenvalue weighted by Gasteiger charge is 2.25. The molecule has 1 unspecified atom stereocenters. The van der Waals surface area contributed by atoms with Crippen LogP contribution in [0.15, 0.2) is 71.8 Å². The van der Waals surface area contributed by atoms with Gasteiger partial charge in [0.05, 0.1) is 17.4 Å². The van der Waals surface area contributed by atoms with Crippen molar-refractivity contribution in [2.45, 2.75) is 26.0 Å². The highest BCUT2D eigenvalue weighted by atomic mass is 35.5. The van der Waals surface area contributed by atoms with Gasteiger partial charge in [0, 0.05) is 35.8 Å². The van der Waals surface area contributed by atoms with Gasteiger partial charge in [-0.25, -0.2) is 4.68 Å². The number of pyridine rings is 1. The van der Waals surface area contributed by atoms with Crippen LogP contribution in [0.4, 0.5) is 0 Å². The summed E-state index contributed by atoms with van der Waals surface area (Å²) in [6.07, 6.45) is 3.23. The van der Waals surface area contributed by atoms with Gasteiger partial charge in [0.2, 0.25) is 5.56 Å². The van der Waals surface area contributed by atoms with E-state index in [-0.39, 0.29) is 23.6 Å². The fourth-order valence-corrected chi connectivity index (χ4v) is 3.64. The second-order valence-electron chi connectivity index (χ2n) is 8.02. The van der Waals surface area contributed by atoms with E-state index in [0.29, 0.717) is 10.8 Å². The minimum atomic E-state index is -0.312. The Kier molecular flexibility index (Phi) is 5.85. The zero-order chi connectivity index (χ0) is 22.1. The maximum atomic E-state index is 11.7. The highest BCUT2D eigenvalue weighted by molar-refractivity contribution is 6.30. The van der Waals surface area contributed by atoms with Crippen LogP contribution in [0.1, 0.15) is 25.5 Å². The summed E-state index contributed by atoms with van der Waals surface area (Å²) < 4.78 is 9.70. The van der Waals surface area contributed by atoms with Crippen molar-refractivity contribution >= 4 is 22.5 Å². The SMILES string of the molecule is CC(C)C(N)[C@H](Oc1ccc2c(cnn2-c2ccc(=O)n(C)c2)c1)c1ccc(Cl)cc1. The summed E-state index contributed by atoms with van der Waals surface area (Å²) in [5.74, 6) is 0.945. The molecule has 2 heterocycles. The number of halogens is 1. The van der Waals surface area contributed by atoms with Gasteiger partial charge in [0.25, 0.3) is 0 Å². The molecule has 31 heavy (non-hydrogen) atoms. The molecule has 4 aromatic rings. The first-order valence-corrected chi connectivity index (χ1v) is 10.5. The van der Waals surface area contributed by atoms with Crippen molar-refractivity contribution in [3.8, 4) is 11.4 Å². The van der Waals surface area contributed by atoms with Gasteiger partial charge in [0.15, 0.2) is 0 Å². The van der Waals surface area contributed by atoms with Crippen LogP contribution < -0.4 is 16.0 Å². The Morgan fingerprint density at radius 1 is 1.06 bits per heavy atom. The number of rotatable bonds is 6. The first-order chi connectivity index (χ1) is 14.8. The molecule has 160 valence electrons. The van der Waals surface area contributed by atoms with Crippen LogP contribution in [-0.4, -0.2) is 20.4 Å². The number of nitrogens with zero attached hydrogens (tertiary/aromatic N) is 3. The molecule has 2 atom stereocenters. The van der Waals surface area contributed by atoms with Crippen LogP contribution in [0.3, 0.4) is 0 Å². The monoisotopic (exact) mass is 436 g/mol. The molecule has 0 radical (unpaired) electrons. The van der Waals surface area contributed by atoms with E-state index in [0.717, 1.165) is 22.2 Å². The Balaban J connectivity index is 1.67. The standard InChI is InChI=1S/C24H25ClN4O2/c1-15(2)23(26)24(16-4-6-18(25)7-5-16)31-20-9-10-21-17(12-20)13-27-29(21)19-8-11-22(30)28(3)14-19/h4-15,23-24H,26H2,1-3H3/t23?,24-/m1/s1. The van der Waals surface area contributed by atoms with Crippen molar-refractivity contribution in [1.29, 1.82) is 0 Å². The maximum Gasteiger partial charge on any atom is 0.250 e. The summed E-state index contributed by atoms with van der Waals surface area (Å²) in [5.41, 5.74) is 9.14. The second kappa shape index (κ2) is 8.57. The smallest absolute Gasteiger partial charge is 0.250 e. The number of aryl methyl sites for hydroxylation is 1. The lowest BCUT2D eigenvalue weighted by Crippen LogP contribution is -2.36. The Morgan fingerprint density at radius 3 is 2.48 bits per heavy atom. The molecule has 2 aromatic carbocycles. The number of benzene rings is 2. The molecule has 0 saturated heterocycles. The fourth-order valence-electron chi connectivity index (χ4n) is 3.51. The predicted octanol–water partition coefficient (Wildman–Crippen LogP) is 4.48. The number of hydrogen-bond donors (Lipinski definition) is 1. The Hall–Kier alpha value is -3.09. The topological polar surface area (TPSA) is 75.1 Å². The average molecular weight is 437 g/mol. The fraction of sp³-hybridized carbons (Fsp3) is 0.250. The van der Waals surface area contributed by atoms with Crippen molar-refractivity contribution in [2.24, 2.45) is 18.7 Å². The molecule has 2 N–H and O–H groups in total. The number of nitrogens with two attached hydrogens (primary N) is 1. The van der Waals surface area contributed by atoms with Gasteiger partial charge in [-0.1, -0.05) is 37.6 Å². The molecular weight excluding hydrogens is 412 g/mol. The largest absolute Gasteiger partial charge is 0.484 e. The van der Waals surface area contributed by atoms with E-state index in [1.807, 2.05) is 42.5 Å². The maximum absolute atomic E-state index is 11.7. The minimum absolute atomic E-state index is 0.0642. The lowest BCUT2D eigenvalue weighted by molar-refractivity contribution is 0.151. The van der Waals surface area contributed by atoms with Crippen molar-refractivity contribution < 1.29 is 4.74 Å². The summed E-state index contributed by atoms with van der Waals surface area (Å²) in [6.45, 7) is 4.16. The molecule has 2 aromatic heterocycles. The van der Waals surface area contributed by atoms with E-state index in [9.17, 15) is 4.79 Å². The molecule has 0 bridgehead atoms. The summed E-state index contributed by atoms with van der Waals surface area (Å²) in [6, 6.07) is 16.5. The first-order valence-electron chi connectivity index (χ1n) is 10.2. The summed E-state index contributed by atoms with van der Waals surface area (Å²) in [4.78, 5) is 11.7. The molecule has 0 fully saturated rings. The molecule has 7 heteroatoms. The molecule has 0 aliphatic heterocycles. The van der Waals surface area contributed by atoms with Crippen LogP contribution in [0, 0.1) is 5.92 Å². The molecular formula is C24H25ClN4O2. The van der Waals surface area contributed by atoms with Crippen molar-refractivity contribution in [1.82, 2.24) is 14.3 Å². The Labute approximate surface area is 185 Å². The Morgan fingerprint density at radius 2 is 1.81 bits per heavy atom. The van der Waals surface area contributed by atoms with Crippen LogP contribution in [0.25, 0.3) is 16.6 Å². The quantitative estimate of drug-likeness (QED) is 0.483. The third kappa shape index (κ3) is 4.36. The molecule has 0 spiro atoms. The van der Waals surface area contributed by atoms with Gasteiger partial charge < -0.3 is 15.0 Å². The zero-order valence-electron chi connectivity index (χ0n) is 17.7. The average Bonchev–Trinajstić information content (AvgIpc) is 3.17. The third-order valence-electron chi connectivity index (χ3n) is 5.44. The lowest BCUT2D eigenvalue weighted by Gasteiger charge is -2.28. The zero-order valence-corrected chi connectivity index (χ0v) is 18.5. The molecule has 0 aliphatic rings. The van der Waals surface area contributed by atoms with E-state index < -0.39 is 0 Å². The number of ether oxygens (including phenoxy) is 1. The van der Waals surface area contributed by atoms with E-state index in [2.05, 4.69) is 18.9 Å². The summed E-state index contributed by atoms with van der Waals surface area (Å²) >= 11 is 6.06. The van der Waals surface area contributed by atoms with E-state index in [1.165, 1.54) is 10.6 Å². The van der Waals surface area contributed by atoms with Crippen molar-refractivity contribution in [3.05, 3.63) is 87.9 Å². The molecule has 4 rings (SSSR count). The highest BCUT2D eigenvalue weighted by Crippen LogP contribution is 2.30. The number of fused-ring (bicyclic) bond motifs is 1. The van der Waals surface area contributed by atoms with E-state index >= 15 is 0 Å². The molecule has 6 nitrogen and oxygen atoms in total. The summed E-state index contributed by atoms with van der Waals surface area (Å²) in [5, 5.41) is 6.10. The predicted molar refractivity (Wildman–Crippen MR) is 124 cm³/mol. The van der Waals surface area contributed by atoms with E-state index in [1.54, 1.807) is 30.2 Å². The minimum Gasteiger partial charge on any atom is -0.484 e. The van der Waals surface area contributed by atoms with Crippen LogP contribution in [-0.2, 0) is 7.05 Å². The van der Waals surface area contributed by atoms with Gasteiger partial charge in [-0.2, -0.15) is 5.10 Å². The van der Waals surface area contributed by atoms with Gasteiger partial charge >= 0.3 is 0 Å². The number of aromatic nitrogens is 3. The van der Waals surface area contributed by atoms with Gasteiger partial charge in [-0.15, -0.1) is 0 Å². The van der Waals surface area contributed by atoms with Gasteiger partial charge in [0.1, 0.15) is 11.9 Å². The molecule has 0 saturated carbocycles. The van der Waals surface area contributed by atoms with Crippen LogP contribution in [0.5, 0.6) is 5.75 Å². The van der Waals surface area contributed by atoms with Gasteiger partial charge in [-0.05, 0) is 47.9 Å². The number of hydrogen-bond acceptors (Lipinski definition) is 4.